The van der Waals surface area contributed by atoms with Gasteiger partial charge in [0.15, 0.2) is 19.3 Å². The summed E-state index contributed by atoms with van der Waals surface area (Å²) >= 11 is 0. The predicted molar refractivity (Wildman–Crippen MR) is 172 cm³/mol. The SMILES string of the molecule is CC(C)(C)C(=[OH+])CC(=[OH+])C(C)(C)C.CC(C)(C)C(=[OH+])CC(=[OH+])C(C)(C)C.CC(C)(C)C(=[OH+])CC(=[OH+])C(C)(C)C.[Y]. The first-order valence-corrected chi connectivity index (χ1v) is 14.0. The zero-order valence-corrected chi connectivity index (χ0v) is 32.2. The van der Waals surface area contributed by atoms with Crippen molar-refractivity contribution in [2.45, 2.75) is 144 Å². The van der Waals surface area contributed by atoms with Crippen molar-refractivity contribution >= 4 is 34.7 Å². The second-order valence-electron chi connectivity index (χ2n) is 16.7. The van der Waals surface area contributed by atoms with E-state index in [1.165, 1.54) is 0 Å². The van der Waals surface area contributed by atoms with E-state index in [1.54, 1.807) is 0 Å². The predicted octanol–water partition coefficient (Wildman–Crippen LogP) is 7.67. The van der Waals surface area contributed by atoms with Crippen molar-refractivity contribution in [1.82, 2.24) is 0 Å². The van der Waals surface area contributed by atoms with Crippen molar-refractivity contribution in [2.75, 3.05) is 0 Å². The molecule has 0 atom stereocenters. The topological polar surface area (TPSA) is 128 Å². The van der Waals surface area contributed by atoms with E-state index in [0.29, 0.717) is 34.7 Å². The van der Waals surface area contributed by atoms with Gasteiger partial charge in [0, 0.05) is 32.7 Å². The average Bonchev–Trinajstić information content (AvgIpc) is 2.64. The van der Waals surface area contributed by atoms with E-state index in [2.05, 4.69) is 0 Å². The molecule has 0 aliphatic heterocycles. The second-order valence-corrected chi connectivity index (χ2v) is 16.7. The van der Waals surface area contributed by atoms with Crippen LogP contribution in [0, 0.1) is 32.5 Å². The van der Waals surface area contributed by atoms with Gasteiger partial charge in [-0.15, -0.1) is 0 Å². The minimum Gasteiger partial charge on any atom is -0.282 e. The fourth-order valence-electron chi connectivity index (χ4n) is 2.07. The summed E-state index contributed by atoms with van der Waals surface area (Å²) in [5, 5.41) is 0. The van der Waals surface area contributed by atoms with E-state index < -0.39 is 0 Å². The van der Waals surface area contributed by atoms with E-state index >= 15 is 0 Å². The second kappa shape index (κ2) is 16.7. The molecule has 6 nitrogen and oxygen atoms in total. The standard InChI is InChI=1S/3C11H20O2.Y/c3*1-10(2,3)8(12)7-9(13)11(4,5)6;/h3*7H2,1-6H3;/p+6. The molecule has 6 N–H and O–H groups in total. The number of ketones is 6. The van der Waals surface area contributed by atoms with Gasteiger partial charge in [0.2, 0.25) is 0 Å². The maximum absolute atomic E-state index is 9.66. The molecule has 0 aliphatic carbocycles. The van der Waals surface area contributed by atoms with Crippen molar-refractivity contribution in [3.8, 4) is 0 Å². The van der Waals surface area contributed by atoms with E-state index in [-0.39, 0.29) is 84.5 Å². The molecule has 0 aliphatic rings. The fourth-order valence-corrected chi connectivity index (χ4v) is 2.07. The van der Waals surface area contributed by atoms with Gasteiger partial charge in [0.05, 0.1) is 32.5 Å². The summed E-state index contributed by atoms with van der Waals surface area (Å²) in [6.45, 7) is 34.7. The smallest absolute Gasteiger partial charge is 0.282 e. The number of hydrogen-bond donors (Lipinski definition) is 0. The summed E-state index contributed by atoms with van der Waals surface area (Å²) < 4.78 is 0. The molecule has 0 bridgehead atoms. The van der Waals surface area contributed by atoms with Gasteiger partial charge < -0.3 is 0 Å². The van der Waals surface area contributed by atoms with Crippen molar-refractivity contribution in [3.63, 3.8) is 0 Å². The van der Waals surface area contributed by atoms with Gasteiger partial charge in [0.25, 0.3) is 0 Å². The van der Waals surface area contributed by atoms with Crippen LogP contribution in [0.15, 0.2) is 0 Å². The Hall–Kier alpha value is -0.876. The molecule has 0 amide bonds. The molecule has 0 aromatic carbocycles. The molecule has 0 aromatic heterocycles. The minimum absolute atomic E-state index is 0. The van der Waals surface area contributed by atoms with E-state index in [4.69, 9.17) is 0 Å². The van der Waals surface area contributed by atoms with Crippen molar-refractivity contribution in [3.05, 3.63) is 0 Å². The van der Waals surface area contributed by atoms with Crippen molar-refractivity contribution < 1.29 is 61.5 Å². The van der Waals surface area contributed by atoms with Crippen LogP contribution in [-0.2, 0) is 32.7 Å². The van der Waals surface area contributed by atoms with Gasteiger partial charge in [-0.3, -0.25) is 28.8 Å². The van der Waals surface area contributed by atoms with Crippen LogP contribution in [0.25, 0.3) is 0 Å². The Morgan fingerprint density at radius 2 is 0.350 bits per heavy atom. The molecule has 0 aromatic rings. The maximum Gasteiger partial charge on any atom is 0.311 e. The molecule has 40 heavy (non-hydrogen) atoms. The molecule has 0 saturated carbocycles. The summed E-state index contributed by atoms with van der Waals surface area (Å²) in [7, 11) is 0. The first kappa shape index (κ1) is 46.1. The Morgan fingerprint density at radius 3 is 0.400 bits per heavy atom. The molecule has 0 fully saturated rings. The van der Waals surface area contributed by atoms with Crippen LogP contribution < -0.4 is 0 Å². The molecule has 0 heterocycles. The Bertz CT molecular complexity index is 693. The average molecular weight is 648 g/mol. The molecule has 0 saturated heterocycles. The van der Waals surface area contributed by atoms with Gasteiger partial charge in [-0.2, -0.15) is 0 Å². The van der Waals surface area contributed by atoms with E-state index in [1.807, 2.05) is 125 Å². The molecule has 7 heteroatoms. The number of rotatable bonds is 6. The largest absolute Gasteiger partial charge is 0.311 e. The summed E-state index contributed by atoms with van der Waals surface area (Å²) in [5.74, 6) is 2.00. The molecule has 0 rings (SSSR count). The molecule has 0 unspecified atom stereocenters. The van der Waals surface area contributed by atoms with Crippen LogP contribution in [0.4, 0.5) is 0 Å². The monoisotopic (exact) mass is 647 g/mol. The summed E-state index contributed by atoms with van der Waals surface area (Å²) in [6, 6.07) is 0. The van der Waals surface area contributed by atoms with Crippen LogP contribution in [0.5, 0.6) is 0 Å². The van der Waals surface area contributed by atoms with E-state index in [9.17, 15) is 28.8 Å². The van der Waals surface area contributed by atoms with Crippen LogP contribution in [0.2, 0.25) is 0 Å². The molecule has 1 radical (unpaired) electrons. The van der Waals surface area contributed by atoms with Gasteiger partial charge in [-0.1, -0.05) is 0 Å². The zero-order chi connectivity index (χ0) is 32.6. The van der Waals surface area contributed by atoms with Gasteiger partial charge in [-0.25, -0.2) is 0 Å². The maximum atomic E-state index is 9.66. The molecular weight excluding hydrogens is 581 g/mol. The van der Waals surface area contributed by atoms with Crippen LogP contribution in [-0.4, -0.2) is 63.5 Å². The Balaban J connectivity index is -0.000000240. The molecule has 0 spiro atoms. The third kappa shape index (κ3) is 21.8. The first-order valence-electron chi connectivity index (χ1n) is 14.0. The van der Waals surface area contributed by atoms with E-state index in [0.717, 1.165) is 0 Å². The van der Waals surface area contributed by atoms with Gasteiger partial charge in [0.1, 0.15) is 0 Å². The Morgan fingerprint density at radius 1 is 0.275 bits per heavy atom. The summed E-state index contributed by atoms with van der Waals surface area (Å²) in [4.78, 5) is 57.9. The number of carbonyl (C=O) groups excluding carboxylic acids is 6. The third-order valence-electron chi connectivity index (χ3n) is 6.20. The van der Waals surface area contributed by atoms with Crippen LogP contribution in [0.3, 0.4) is 0 Å². The fraction of sp³-hybridized carbons (Fsp3) is 0.818. The zero-order valence-electron chi connectivity index (χ0n) is 29.4. The molecular formula is C33H66O6Y+6. The summed E-state index contributed by atoms with van der Waals surface area (Å²) in [5.41, 5.74) is -1.50. The van der Waals surface area contributed by atoms with Gasteiger partial charge >= 0.3 is 34.7 Å². The van der Waals surface area contributed by atoms with Crippen molar-refractivity contribution in [2.24, 2.45) is 32.5 Å². The van der Waals surface area contributed by atoms with Gasteiger partial charge in [-0.05, 0) is 125 Å². The molecule has 231 valence electrons. The van der Waals surface area contributed by atoms with Crippen molar-refractivity contribution in [1.29, 1.82) is 0 Å². The normalized spacial score (nSPS) is 12.4. The summed E-state index contributed by atoms with van der Waals surface area (Å²) in [6.07, 6.45) is 0.854. The number of hydrogen-bond acceptors (Lipinski definition) is 0. The first-order chi connectivity index (χ1) is 16.6. The van der Waals surface area contributed by atoms with Crippen LogP contribution in [0.1, 0.15) is 144 Å². The minimum atomic E-state index is -0.251. The third-order valence-corrected chi connectivity index (χ3v) is 6.20. The Kier molecular flexibility index (Phi) is 19.2. The Labute approximate surface area is 271 Å². The quantitative estimate of drug-likeness (QED) is 0.207. The van der Waals surface area contributed by atoms with Crippen LogP contribution >= 0.6 is 0 Å².